The topological polar surface area (TPSA) is 95.9 Å². The van der Waals surface area contributed by atoms with Crippen LogP contribution < -0.4 is 5.32 Å². The van der Waals surface area contributed by atoms with Gasteiger partial charge in [0, 0.05) is 12.8 Å². The molecule has 496 valence electrons. The third kappa shape index (κ3) is 69.2. The molecule has 0 aromatic rings. The van der Waals surface area contributed by atoms with Gasteiger partial charge in [0.2, 0.25) is 5.91 Å². The minimum Gasteiger partial charge on any atom is -0.466 e. The molecule has 0 fully saturated rings. The number of ether oxygens (including phenoxy) is 1. The molecular formula is C78H149NO5. The van der Waals surface area contributed by atoms with Gasteiger partial charge in [0.05, 0.1) is 25.4 Å². The molecule has 0 rings (SSSR count). The van der Waals surface area contributed by atoms with Crippen molar-refractivity contribution in [2.45, 2.75) is 437 Å². The number of aliphatic hydroxyl groups is 2. The lowest BCUT2D eigenvalue weighted by Crippen LogP contribution is -2.45. The predicted molar refractivity (Wildman–Crippen MR) is 370 cm³/mol. The van der Waals surface area contributed by atoms with E-state index in [4.69, 9.17) is 4.74 Å². The quantitative estimate of drug-likeness (QED) is 0.0320. The number of allylic oxidation sites excluding steroid dienone is 5. The number of nitrogens with one attached hydrogen (secondary N) is 1. The van der Waals surface area contributed by atoms with Crippen LogP contribution in [0.15, 0.2) is 36.5 Å². The summed E-state index contributed by atoms with van der Waals surface area (Å²) in [6.07, 6.45) is 95.4. The number of carbonyl (C=O) groups excluding carboxylic acids is 2. The minimum atomic E-state index is -0.841. The van der Waals surface area contributed by atoms with Crippen LogP contribution in [0.2, 0.25) is 0 Å². The van der Waals surface area contributed by atoms with E-state index in [9.17, 15) is 19.8 Å². The Kier molecular flexibility index (Phi) is 71.9. The molecule has 0 aromatic carbocycles. The molecule has 0 aliphatic rings. The molecule has 0 saturated heterocycles. The van der Waals surface area contributed by atoms with Crippen molar-refractivity contribution in [2.24, 2.45) is 0 Å². The number of rotatable bonds is 72. The van der Waals surface area contributed by atoms with E-state index in [1.54, 1.807) is 6.08 Å². The van der Waals surface area contributed by atoms with Crippen molar-refractivity contribution in [1.82, 2.24) is 5.32 Å². The molecule has 6 heteroatoms. The van der Waals surface area contributed by atoms with Crippen LogP contribution in [0.1, 0.15) is 425 Å². The van der Waals surface area contributed by atoms with Gasteiger partial charge in [0.15, 0.2) is 0 Å². The second kappa shape index (κ2) is 73.5. The van der Waals surface area contributed by atoms with Gasteiger partial charge in [-0.25, -0.2) is 0 Å². The van der Waals surface area contributed by atoms with Crippen molar-refractivity contribution in [3.8, 4) is 0 Å². The summed E-state index contributed by atoms with van der Waals surface area (Å²) in [5, 5.41) is 23.2. The van der Waals surface area contributed by atoms with Crippen molar-refractivity contribution in [2.75, 3.05) is 13.2 Å². The highest BCUT2D eigenvalue weighted by Crippen LogP contribution is 2.19. The van der Waals surface area contributed by atoms with E-state index in [1.807, 2.05) is 6.08 Å². The molecule has 2 unspecified atom stereocenters. The third-order valence-electron chi connectivity index (χ3n) is 17.9. The number of esters is 1. The number of amides is 1. The molecule has 0 saturated carbocycles. The van der Waals surface area contributed by atoms with Crippen LogP contribution in [0.25, 0.3) is 0 Å². The number of hydrogen-bond donors (Lipinski definition) is 3. The zero-order valence-corrected chi connectivity index (χ0v) is 56.9. The summed E-state index contributed by atoms with van der Waals surface area (Å²) in [5.74, 6) is -0.0423. The molecule has 84 heavy (non-hydrogen) atoms. The Bertz CT molecular complexity index is 1360. The fourth-order valence-corrected chi connectivity index (χ4v) is 12.1. The molecule has 3 N–H and O–H groups in total. The average molecular weight is 1180 g/mol. The standard InChI is InChI=1S/C78H149NO5/c1-3-5-7-9-11-13-15-17-19-20-36-40-44-48-52-56-60-64-68-72-78(83)84-73-69-65-61-57-53-49-45-41-38-35-33-31-29-27-25-23-21-22-24-26-28-30-32-34-37-39-43-47-51-55-59-63-67-71-77(82)79-75(74-80)76(81)70-66-62-58-54-50-46-42-18-16-14-12-10-8-6-4-2/h11,13,17,19,66,70,75-76,80-81H,3-10,12,14-16,18,20-65,67-69,71-74H2,1-2H3,(H,79,82)/b13-11-,19-17-,70-66+. The maximum absolute atomic E-state index is 12.5. The summed E-state index contributed by atoms with van der Waals surface area (Å²) in [6, 6.07) is -0.624. The van der Waals surface area contributed by atoms with E-state index in [2.05, 4.69) is 43.5 Å². The minimum absolute atomic E-state index is 0.0182. The molecule has 1 amide bonds. The number of aliphatic hydroxyl groups excluding tert-OH is 2. The Morgan fingerprint density at radius 3 is 0.929 bits per heavy atom. The lowest BCUT2D eigenvalue weighted by Gasteiger charge is -2.20. The Hall–Kier alpha value is -1.92. The van der Waals surface area contributed by atoms with E-state index >= 15 is 0 Å². The van der Waals surface area contributed by atoms with Crippen molar-refractivity contribution < 1.29 is 24.5 Å². The second-order valence-electron chi connectivity index (χ2n) is 26.3. The molecule has 0 aliphatic carbocycles. The molecule has 0 aromatic heterocycles. The second-order valence-corrected chi connectivity index (χ2v) is 26.3. The lowest BCUT2D eigenvalue weighted by molar-refractivity contribution is -0.143. The van der Waals surface area contributed by atoms with E-state index in [-0.39, 0.29) is 18.5 Å². The van der Waals surface area contributed by atoms with E-state index < -0.39 is 12.1 Å². The molecule has 6 nitrogen and oxygen atoms in total. The molecule has 0 radical (unpaired) electrons. The SMILES string of the molecule is CCCCC/C=C\C/C=C\CCCCCCCCCCCC(=O)OCCCCCCCCCCCCCCCCCCCCCCCCCCCCCCCCCCCC(=O)NC(CO)C(O)/C=C/CCCCCCCCCCCCCCC. The Morgan fingerprint density at radius 2 is 0.595 bits per heavy atom. The molecule has 0 aliphatic heterocycles. The third-order valence-corrected chi connectivity index (χ3v) is 17.9. The highest BCUT2D eigenvalue weighted by atomic mass is 16.5. The van der Waals surface area contributed by atoms with Gasteiger partial charge >= 0.3 is 5.97 Å². The Balaban J connectivity index is 3.32. The van der Waals surface area contributed by atoms with Gasteiger partial charge in [-0.3, -0.25) is 9.59 Å². The van der Waals surface area contributed by atoms with E-state index in [1.165, 1.54) is 347 Å². The maximum atomic E-state index is 12.5. The summed E-state index contributed by atoms with van der Waals surface area (Å²) in [6.45, 7) is 4.92. The van der Waals surface area contributed by atoms with Crippen LogP contribution in [0.3, 0.4) is 0 Å². The normalized spacial score (nSPS) is 12.7. The van der Waals surface area contributed by atoms with Crippen molar-refractivity contribution in [1.29, 1.82) is 0 Å². The fourth-order valence-electron chi connectivity index (χ4n) is 12.1. The molecule has 0 heterocycles. The highest BCUT2D eigenvalue weighted by molar-refractivity contribution is 5.76. The smallest absolute Gasteiger partial charge is 0.305 e. The summed E-state index contributed by atoms with van der Waals surface area (Å²) in [4.78, 5) is 24.6. The van der Waals surface area contributed by atoms with Gasteiger partial charge in [0.25, 0.3) is 0 Å². The molecule has 2 atom stereocenters. The lowest BCUT2D eigenvalue weighted by atomic mass is 10.0. The van der Waals surface area contributed by atoms with E-state index in [0.29, 0.717) is 19.4 Å². The maximum Gasteiger partial charge on any atom is 0.305 e. The zero-order valence-electron chi connectivity index (χ0n) is 56.9. The van der Waals surface area contributed by atoms with Gasteiger partial charge in [-0.2, -0.15) is 0 Å². The van der Waals surface area contributed by atoms with Crippen LogP contribution in [0.4, 0.5) is 0 Å². The number of hydrogen-bond acceptors (Lipinski definition) is 5. The zero-order chi connectivity index (χ0) is 60.6. The van der Waals surface area contributed by atoms with Gasteiger partial charge in [-0.05, 0) is 64.2 Å². The van der Waals surface area contributed by atoms with Crippen LogP contribution in [-0.4, -0.2) is 47.4 Å². The first-order valence-corrected chi connectivity index (χ1v) is 38.3. The first-order chi connectivity index (χ1) is 41.5. The molecule has 0 spiro atoms. The van der Waals surface area contributed by atoms with Gasteiger partial charge < -0.3 is 20.3 Å². The monoisotopic (exact) mass is 1180 g/mol. The highest BCUT2D eigenvalue weighted by Gasteiger charge is 2.18. The first-order valence-electron chi connectivity index (χ1n) is 38.3. The number of carbonyl (C=O) groups is 2. The van der Waals surface area contributed by atoms with Crippen LogP contribution in [0, 0.1) is 0 Å². The Labute approximate surface area is 525 Å². The summed E-state index contributed by atoms with van der Waals surface area (Å²) in [7, 11) is 0. The van der Waals surface area contributed by atoms with Gasteiger partial charge in [-0.15, -0.1) is 0 Å². The Morgan fingerprint density at radius 1 is 0.333 bits per heavy atom. The summed E-state index contributed by atoms with van der Waals surface area (Å²) in [5.41, 5.74) is 0. The van der Waals surface area contributed by atoms with Crippen molar-refractivity contribution in [3.05, 3.63) is 36.5 Å². The first kappa shape index (κ1) is 82.1. The van der Waals surface area contributed by atoms with Crippen LogP contribution in [0.5, 0.6) is 0 Å². The largest absolute Gasteiger partial charge is 0.466 e. The van der Waals surface area contributed by atoms with Crippen molar-refractivity contribution in [3.63, 3.8) is 0 Å². The van der Waals surface area contributed by atoms with Crippen LogP contribution in [-0.2, 0) is 14.3 Å². The molecular weight excluding hydrogens is 1030 g/mol. The summed E-state index contributed by atoms with van der Waals surface area (Å²) >= 11 is 0. The fraction of sp³-hybridized carbons (Fsp3) is 0.897. The van der Waals surface area contributed by atoms with Gasteiger partial charge in [-0.1, -0.05) is 384 Å². The van der Waals surface area contributed by atoms with E-state index in [0.717, 1.165) is 51.4 Å². The average Bonchev–Trinajstić information content (AvgIpc) is 3.53. The number of unbranched alkanes of at least 4 members (excludes halogenated alkanes) is 57. The summed E-state index contributed by atoms with van der Waals surface area (Å²) < 4.78 is 5.51. The van der Waals surface area contributed by atoms with Gasteiger partial charge in [0.1, 0.15) is 0 Å². The molecule has 0 bridgehead atoms. The van der Waals surface area contributed by atoms with Crippen molar-refractivity contribution >= 4 is 11.9 Å². The van der Waals surface area contributed by atoms with Crippen LogP contribution >= 0.6 is 0 Å². The predicted octanol–water partition coefficient (Wildman–Crippen LogP) is 25.0.